The molecular weight excluding hydrogens is 469 g/mol. The largest absolute Gasteiger partial charge is 0.493 e. The normalized spacial score (nSPS) is 8.56. The van der Waals surface area contributed by atoms with E-state index < -0.39 is 0 Å². The van der Waals surface area contributed by atoms with Gasteiger partial charge in [0, 0.05) is 19.1 Å². The summed E-state index contributed by atoms with van der Waals surface area (Å²) in [6, 6.07) is 9.06. The predicted octanol–water partition coefficient (Wildman–Crippen LogP) is 5.90. The molecule has 2 rings (SSSR count). The van der Waals surface area contributed by atoms with Crippen LogP contribution in [0.4, 0.5) is 0 Å². The van der Waals surface area contributed by atoms with Gasteiger partial charge in [-0.15, -0.1) is 6.58 Å². The molecule has 0 heterocycles. The van der Waals surface area contributed by atoms with E-state index in [-0.39, 0.29) is 0 Å². The number of nitrogens with two attached hydrogens (primary N) is 1. The van der Waals surface area contributed by atoms with Gasteiger partial charge in [0.05, 0.1) is 38.0 Å². The van der Waals surface area contributed by atoms with Crippen molar-refractivity contribution < 1.29 is 18.9 Å². The Morgan fingerprint density at radius 1 is 0.938 bits per heavy atom. The Labute approximate surface area is 208 Å². The van der Waals surface area contributed by atoms with E-state index in [4.69, 9.17) is 42.1 Å². The highest BCUT2D eigenvalue weighted by molar-refractivity contribution is 7.79. The maximum atomic E-state index is 5.81. The van der Waals surface area contributed by atoms with Gasteiger partial charge in [0.25, 0.3) is 0 Å². The second-order valence-electron chi connectivity index (χ2n) is 5.39. The third kappa shape index (κ3) is 12.1. The van der Waals surface area contributed by atoms with Crippen molar-refractivity contribution in [3.63, 3.8) is 0 Å². The van der Waals surface area contributed by atoms with Gasteiger partial charge in [0.15, 0.2) is 11.5 Å². The Balaban J connectivity index is 0. The average molecular weight is 503 g/mol. The number of methoxy groups -OCH3 is 4. The fraction of sp³-hybridized carbons (Fsp3) is 0.333. The Morgan fingerprint density at radius 2 is 1.50 bits per heavy atom. The summed E-state index contributed by atoms with van der Waals surface area (Å²) in [5.41, 5.74) is 6.35. The zero-order valence-electron chi connectivity index (χ0n) is 19.5. The van der Waals surface area contributed by atoms with Crippen LogP contribution < -0.4 is 19.9 Å². The molecule has 0 spiro atoms. The molecule has 178 valence electrons. The topological polar surface area (TPSA) is 62.9 Å². The van der Waals surface area contributed by atoms with Crippen LogP contribution >= 0.6 is 35.8 Å². The molecule has 0 aliphatic heterocycles. The Hall–Kier alpha value is -2.01. The Bertz CT molecular complexity index is 827. The number of hydrogen-bond donors (Lipinski definition) is 2. The number of rotatable bonds is 6. The highest BCUT2D eigenvalue weighted by atomic mass is 35.5. The molecule has 0 atom stereocenters. The van der Waals surface area contributed by atoms with Crippen LogP contribution in [-0.2, 0) is 11.3 Å². The third-order valence-corrected chi connectivity index (χ3v) is 4.17. The number of allylic oxidation sites excluding steroid dienone is 1. The summed E-state index contributed by atoms with van der Waals surface area (Å²) < 4.78 is 20.7. The first kappa shape index (κ1) is 32.2. The van der Waals surface area contributed by atoms with Gasteiger partial charge in [-0.05, 0) is 49.2 Å². The minimum absolute atomic E-state index is 0.511. The zero-order valence-corrected chi connectivity index (χ0v) is 21.9. The Kier molecular flexibility index (Phi) is 21.0. The van der Waals surface area contributed by atoms with E-state index in [1.54, 1.807) is 52.9 Å². The first-order valence-electron chi connectivity index (χ1n) is 9.35. The summed E-state index contributed by atoms with van der Waals surface area (Å²) in [6.45, 7) is 4.08. The second-order valence-corrected chi connectivity index (χ2v) is 6.20. The van der Waals surface area contributed by atoms with E-state index in [2.05, 4.69) is 36.8 Å². The van der Waals surface area contributed by atoms with Gasteiger partial charge >= 0.3 is 0 Å². The minimum Gasteiger partial charge on any atom is -0.493 e. The second kappa shape index (κ2) is 20.9. The summed E-state index contributed by atoms with van der Waals surface area (Å²) >= 11 is 15.1. The summed E-state index contributed by atoms with van der Waals surface area (Å²) in [6.07, 6.45) is 4.13. The van der Waals surface area contributed by atoms with E-state index in [1.807, 2.05) is 18.2 Å². The third-order valence-electron chi connectivity index (χ3n) is 3.43. The van der Waals surface area contributed by atoms with Crippen LogP contribution in [0.15, 0.2) is 43.0 Å². The minimum atomic E-state index is 0.511. The molecule has 0 unspecified atom stereocenters. The highest BCUT2D eigenvalue weighted by Crippen LogP contribution is 2.38. The number of thiol groups is 1. The summed E-state index contributed by atoms with van der Waals surface area (Å²) in [4.78, 5) is 0. The molecule has 2 aromatic rings. The van der Waals surface area contributed by atoms with Crippen molar-refractivity contribution >= 4 is 35.8 Å². The van der Waals surface area contributed by atoms with Crippen LogP contribution in [0.1, 0.15) is 17.5 Å². The van der Waals surface area contributed by atoms with Gasteiger partial charge in [-0.25, -0.2) is 0 Å². The molecule has 0 bridgehead atoms. The Morgan fingerprint density at radius 3 is 1.91 bits per heavy atom. The first-order valence-corrected chi connectivity index (χ1v) is 11.0. The van der Waals surface area contributed by atoms with E-state index in [1.165, 1.54) is 7.05 Å². The van der Waals surface area contributed by atoms with E-state index in [0.717, 1.165) is 11.1 Å². The molecular formula is C24H33Cl2NO4S. The van der Waals surface area contributed by atoms with Crippen LogP contribution in [0, 0.1) is 11.8 Å². The van der Waals surface area contributed by atoms with Crippen molar-refractivity contribution in [1.82, 2.24) is 0 Å². The van der Waals surface area contributed by atoms with Gasteiger partial charge in [-0.2, -0.15) is 12.6 Å². The van der Waals surface area contributed by atoms with Crippen molar-refractivity contribution in [1.29, 1.82) is 0 Å². The van der Waals surface area contributed by atoms with Gasteiger partial charge in [0.2, 0.25) is 5.75 Å². The highest BCUT2D eigenvalue weighted by Gasteiger charge is 2.12. The molecule has 0 radical (unpaired) electrons. The van der Waals surface area contributed by atoms with Crippen molar-refractivity contribution in [2.45, 2.75) is 13.0 Å². The van der Waals surface area contributed by atoms with Crippen LogP contribution in [0.25, 0.3) is 0 Å². The SMILES string of the molecule is C=CCC#Cc1ccc(Cl)c(Cl)c1.CN.COCc1cc(OC)c(OC)c(OC)c1.CS. The molecule has 2 aromatic carbocycles. The lowest BCUT2D eigenvalue weighted by Crippen LogP contribution is -1.97. The fourth-order valence-corrected chi connectivity index (χ4v) is 2.48. The van der Waals surface area contributed by atoms with Crippen LogP contribution in [0.5, 0.6) is 17.2 Å². The molecule has 8 heteroatoms. The molecule has 2 N–H and O–H groups in total. The fourth-order valence-electron chi connectivity index (χ4n) is 2.18. The van der Waals surface area contributed by atoms with Gasteiger partial charge < -0.3 is 24.7 Å². The van der Waals surface area contributed by atoms with Crippen LogP contribution in [-0.4, -0.2) is 41.7 Å². The maximum absolute atomic E-state index is 5.81. The lowest BCUT2D eigenvalue weighted by molar-refractivity contribution is 0.184. The molecule has 0 fully saturated rings. The molecule has 0 aliphatic rings. The quantitative estimate of drug-likeness (QED) is 0.293. The number of ether oxygens (including phenoxy) is 4. The van der Waals surface area contributed by atoms with E-state index >= 15 is 0 Å². The summed E-state index contributed by atoms with van der Waals surface area (Å²) in [7, 11) is 7.90. The van der Waals surface area contributed by atoms with Crippen molar-refractivity contribution in [3.8, 4) is 29.1 Å². The molecule has 32 heavy (non-hydrogen) atoms. The monoisotopic (exact) mass is 501 g/mol. The smallest absolute Gasteiger partial charge is 0.203 e. The van der Waals surface area contributed by atoms with Crippen LogP contribution in [0.3, 0.4) is 0 Å². The zero-order chi connectivity index (χ0) is 24.9. The number of halogens is 2. The molecule has 0 saturated heterocycles. The van der Waals surface area contributed by atoms with Gasteiger partial charge in [0.1, 0.15) is 0 Å². The average Bonchev–Trinajstić information content (AvgIpc) is 2.84. The lowest BCUT2D eigenvalue weighted by Gasteiger charge is -2.13. The van der Waals surface area contributed by atoms with E-state index in [9.17, 15) is 0 Å². The maximum Gasteiger partial charge on any atom is 0.203 e. The number of hydrogen-bond acceptors (Lipinski definition) is 6. The standard InChI is InChI=1S/C11H8Cl2.C11H16O4.CH5N.CH4S/c1-2-3-4-5-9-6-7-10(12)11(13)8-9;1-12-7-8-5-9(13-2)11(15-4)10(6-8)14-3;2*1-2/h2,6-8H,1,3H2;5-6H,7H2,1-4H3;2H2,1H3;2H,1H3. The molecule has 0 saturated carbocycles. The molecule has 0 aromatic heterocycles. The first-order chi connectivity index (χ1) is 15.5. The lowest BCUT2D eigenvalue weighted by atomic mass is 10.2. The van der Waals surface area contributed by atoms with E-state index in [0.29, 0.717) is 40.3 Å². The van der Waals surface area contributed by atoms with Gasteiger partial charge in [-0.3, -0.25) is 0 Å². The van der Waals surface area contributed by atoms with Crippen molar-refractivity contribution in [3.05, 3.63) is 64.2 Å². The summed E-state index contributed by atoms with van der Waals surface area (Å²) in [5, 5.41) is 1.09. The van der Waals surface area contributed by atoms with Crippen molar-refractivity contribution in [2.24, 2.45) is 5.73 Å². The van der Waals surface area contributed by atoms with Crippen LogP contribution in [0.2, 0.25) is 10.0 Å². The van der Waals surface area contributed by atoms with Gasteiger partial charge in [-0.1, -0.05) is 41.1 Å². The predicted molar refractivity (Wildman–Crippen MR) is 140 cm³/mol. The molecule has 0 amide bonds. The summed E-state index contributed by atoms with van der Waals surface area (Å²) in [5.74, 6) is 7.76. The molecule has 5 nitrogen and oxygen atoms in total. The number of benzene rings is 2. The van der Waals surface area contributed by atoms with Crippen molar-refractivity contribution in [2.75, 3.05) is 41.7 Å². The molecule has 0 aliphatic carbocycles.